The van der Waals surface area contributed by atoms with Gasteiger partial charge in [0.2, 0.25) is 0 Å². The molecule has 5 heteroatoms. The predicted octanol–water partition coefficient (Wildman–Crippen LogP) is 4.23. The van der Waals surface area contributed by atoms with Gasteiger partial charge in [-0.05, 0) is 50.1 Å². The molecule has 2 N–H and O–H groups in total. The van der Waals surface area contributed by atoms with Crippen molar-refractivity contribution in [2.45, 2.75) is 37.8 Å². The summed E-state index contributed by atoms with van der Waals surface area (Å²) in [5.41, 5.74) is 0.731. The maximum atomic E-state index is 12.4. The number of carbonyl (C=O) groups excluding carboxylic acids is 1. The Balaban J connectivity index is 1.35. The first kappa shape index (κ1) is 16.9. The first-order valence-electron chi connectivity index (χ1n) is 9.42. The van der Waals surface area contributed by atoms with Crippen LogP contribution in [0.25, 0.3) is 0 Å². The van der Waals surface area contributed by atoms with Crippen molar-refractivity contribution >= 4 is 11.7 Å². The molecule has 2 fully saturated rings. The van der Waals surface area contributed by atoms with Crippen molar-refractivity contribution in [3.8, 4) is 11.5 Å². The zero-order chi connectivity index (χ0) is 17.8. The molecule has 4 rings (SSSR count). The Labute approximate surface area is 154 Å². The summed E-state index contributed by atoms with van der Waals surface area (Å²) in [7, 11) is 0. The van der Waals surface area contributed by atoms with E-state index in [1.807, 2.05) is 54.6 Å². The van der Waals surface area contributed by atoms with Crippen molar-refractivity contribution in [1.82, 2.24) is 10.2 Å². The van der Waals surface area contributed by atoms with Crippen LogP contribution in [0, 0.1) is 0 Å². The Morgan fingerprint density at radius 1 is 0.962 bits per heavy atom. The number of amides is 2. The fourth-order valence-corrected chi connectivity index (χ4v) is 4.01. The molecule has 2 aromatic rings. The minimum Gasteiger partial charge on any atom is -0.457 e. The molecule has 2 amide bonds. The molecule has 0 saturated carbocycles. The Hall–Kier alpha value is -2.53. The van der Waals surface area contributed by atoms with Gasteiger partial charge in [-0.2, -0.15) is 0 Å². The van der Waals surface area contributed by atoms with Crippen LogP contribution in [0.4, 0.5) is 10.5 Å². The average Bonchev–Trinajstić information content (AvgIpc) is 3.06. The van der Waals surface area contributed by atoms with Crippen LogP contribution < -0.4 is 15.4 Å². The van der Waals surface area contributed by atoms with Crippen molar-refractivity contribution in [2.75, 3.05) is 18.4 Å². The molecule has 0 aromatic heterocycles. The maximum Gasteiger partial charge on any atom is 0.319 e. The zero-order valence-corrected chi connectivity index (χ0v) is 14.9. The van der Waals surface area contributed by atoms with Gasteiger partial charge >= 0.3 is 6.03 Å². The lowest BCUT2D eigenvalue weighted by atomic mass is 9.99. The zero-order valence-electron chi connectivity index (χ0n) is 14.9. The lowest BCUT2D eigenvalue weighted by molar-refractivity contribution is 0.180. The Morgan fingerprint density at radius 3 is 2.69 bits per heavy atom. The molecule has 0 bridgehead atoms. The highest BCUT2D eigenvalue weighted by molar-refractivity contribution is 5.89. The molecular weight excluding hydrogens is 326 g/mol. The van der Waals surface area contributed by atoms with Gasteiger partial charge < -0.3 is 15.4 Å². The largest absolute Gasteiger partial charge is 0.457 e. The van der Waals surface area contributed by atoms with Gasteiger partial charge in [0, 0.05) is 30.4 Å². The highest BCUT2D eigenvalue weighted by atomic mass is 16.5. The van der Waals surface area contributed by atoms with Crippen LogP contribution in [-0.2, 0) is 0 Å². The lowest BCUT2D eigenvalue weighted by Crippen LogP contribution is -2.47. The van der Waals surface area contributed by atoms with Gasteiger partial charge in [-0.25, -0.2) is 4.79 Å². The third kappa shape index (κ3) is 3.99. The monoisotopic (exact) mass is 351 g/mol. The van der Waals surface area contributed by atoms with Crippen LogP contribution in [0.1, 0.15) is 25.7 Å². The van der Waals surface area contributed by atoms with Gasteiger partial charge in [-0.1, -0.05) is 30.7 Å². The van der Waals surface area contributed by atoms with E-state index in [1.165, 1.54) is 25.8 Å². The van der Waals surface area contributed by atoms with Crippen molar-refractivity contribution in [1.29, 1.82) is 0 Å². The van der Waals surface area contributed by atoms with E-state index < -0.39 is 0 Å². The van der Waals surface area contributed by atoms with Crippen molar-refractivity contribution in [3.05, 3.63) is 54.6 Å². The average molecular weight is 351 g/mol. The smallest absolute Gasteiger partial charge is 0.319 e. The highest BCUT2D eigenvalue weighted by Gasteiger charge is 2.36. The number of anilines is 1. The molecule has 2 saturated heterocycles. The second-order valence-electron chi connectivity index (χ2n) is 7.04. The van der Waals surface area contributed by atoms with E-state index in [4.69, 9.17) is 4.74 Å². The summed E-state index contributed by atoms with van der Waals surface area (Å²) >= 11 is 0. The number of rotatable bonds is 4. The van der Waals surface area contributed by atoms with Crippen LogP contribution in [0.15, 0.2) is 54.6 Å². The molecule has 2 heterocycles. The van der Waals surface area contributed by atoms with Gasteiger partial charge in [0.15, 0.2) is 0 Å². The standard InChI is InChI=1S/C21H25N3O2/c25-21(23-19-12-14-24-13-5-4-11-20(19)24)22-16-7-6-10-18(15-16)26-17-8-2-1-3-9-17/h1-3,6-10,15,19-20H,4-5,11-14H2,(H2,22,23,25). The summed E-state index contributed by atoms with van der Waals surface area (Å²) in [5.74, 6) is 1.48. The molecular formula is C21H25N3O2. The quantitative estimate of drug-likeness (QED) is 0.867. The maximum absolute atomic E-state index is 12.4. The second kappa shape index (κ2) is 7.79. The molecule has 2 atom stereocenters. The van der Waals surface area contributed by atoms with Gasteiger partial charge in [0.25, 0.3) is 0 Å². The van der Waals surface area contributed by atoms with Crippen LogP contribution >= 0.6 is 0 Å². The summed E-state index contributed by atoms with van der Waals surface area (Å²) < 4.78 is 5.83. The van der Waals surface area contributed by atoms with Gasteiger partial charge in [0.1, 0.15) is 11.5 Å². The molecule has 2 aliphatic heterocycles. The molecule has 2 unspecified atom stereocenters. The van der Waals surface area contributed by atoms with Crippen LogP contribution in [0.2, 0.25) is 0 Å². The topological polar surface area (TPSA) is 53.6 Å². The number of urea groups is 1. The number of nitrogens with one attached hydrogen (secondary N) is 2. The van der Waals surface area contributed by atoms with Crippen LogP contribution in [-0.4, -0.2) is 36.1 Å². The molecule has 2 aromatic carbocycles. The summed E-state index contributed by atoms with van der Waals surface area (Å²) in [4.78, 5) is 14.9. The minimum absolute atomic E-state index is 0.140. The fraction of sp³-hybridized carbons (Fsp3) is 0.381. The SMILES string of the molecule is O=C(Nc1cccc(Oc2ccccc2)c1)NC1CCN2CCCCC12. The lowest BCUT2D eigenvalue weighted by Gasteiger charge is -2.32. The van der Waals surface area contributed by atoms with E-state index in [1.54, 1.807) is 0 Å². The fourth-order valence-electron chi connectivity index (χ4n) is 4.01. The number of benzene rings is 2. The number of carbonyl (C=O) groups is 1. The van der Waals surface area contributed by atoms with Crippen molar-refractivity contribution < 1.29 is 9.53 Å². The number of ether oxygens (including phenoxy) is 1. The number of fused-ring (bicyclic) bond motifs is 1. The summed E-state index contributed by atoms with van der Waals surface area (Å²) in [5, 5.41) is 6.11. The van der Waals surface area contributed by atoms with E-state index in [9.17, 15) is 4.79 Å². The molecule has 0 aliphatic carbocycles. The van der Waals surface area contributed by atoms with Crippen LogP contribution in [0.3, 0.4) is 0 Å². The Kier molecular flexibility index (Phi) is 5.07. The van der Waals surface area contributed by atoms with Crippen molar-refractivity contribution in [2.24, 2.45) is 0 Å². The normalized spacial score (nSPS) is 22.5. The minimum atomic E-state index is -0.140. The second-order valence-corrected chi connectivity index (χ2v) is 7.04. The third-order valence-electron chi connectivity index (χ3n) is 5.24. The molecule has 136 valence electrons. The van der Waals surface area contributed by atoms with Gasteiger partial charge in [-0.3, -0.25) is 4.90 Å². The molecule has 0 radical (unpaired) electrons. The number of para-hydroxylation sites is 1. The van der Waals surface area contributed by atoms with Gasteiger partial charge in [-0.15, -0.1) is 0 Å². The predicted molar refractivity (Wildman–Crippen MR) is 103 cm³/mol. The highest BCUT2D eigenvalue weighted by Crippen LogP contribution is 2.27. The van der Waals surface area contributed by atoms with E-state index in [0.717, 1.165) is 24.4 Å². The summed E-state index contributed by atoms with van der Waals surface area (Å²) in [6, 6.07) is 17.7. The van der Waals surface area contributed by atoms with E-state index in [2.05, 4.69) is 15.5 Å². The number of hydrogen-bond acceptors (Lipinski definition) is 3. The Morgan fingerprint density at radius 2 is 1.81 bits per heavy atom. The number of piperidine rings is 1. The van der Waals surface area contributed by atoms with Crippen molar-refractivity contribution in [3.63, 3.8) is 0 Å². The van der Waals surface area contributed by atoms with E-state index in [-0.39, 0.29) is 12.1 Å². The third-order valence-corrected chi connectivity index (χ3v) is 5.24. The number of nitrogens with zero attached hydrogens (tertiary/aromatic N) is 1. The summed E-state index contributed by atoms with van der Waals surface area (Å²) in [6.45, 7) is 2.26. The van der Waals surface area contributed by atoms with E-state index in [0.29, 0.717) is 11.8 Å². The number of hydrogen-bond donors (Lipinski definition) is 2. The molecule has 0 spiro atoms. The van der Waals surface area contributed by atoms with E-state index >= 15 is 0 Å². The molecule has 5 nitrogen and oxygen atoms in total. The molecule has 26 heavy (non-hydrogen) atoms. The Bertz CT molecular complexity index is 750. The van der Waals surface area contributed by atoms with Crippen LogP contribution in [0.5, 0.6) is 11.5 Å². The molecule has 2 aliphatic rings. The first-order chi connectivity index (χ1) is 12.8. The first-order valence-corrected chi connectivity index (χ1v) is 9.42. The summed E-state index contributed by atoms with van der Waals surface area (Å²) in [6.07, 6.45) is 4.77. The van der Waals surface area contributed by atoms with Gasteiger partial charge in [0.05, 0.1) is 0 Å².